The number of benzene rings is 2. The molecule has 0 amide bonds. The molecule has 2 aromatic carbocycles. The summed E-state index contributed by atoms with van der Waals surface area (Å²) in [6.45, 7) is 3.38. The zero-order valence-electron chi connectivity index (χ0n) is 16.8. The van der Waals surface area contributed by atoms with Crippen molar-refractivity contribution in [3.8, 4) is 17.2 Å². The number of ether oxygens (including phenoxy) is 2. The first-order valence-electron chi connectivity index (χ1n) is 8.37. The molecule has 5 nitrogen and oxygen atoms in total. The Bertz CT molecular complexity index is 798. The fourth-order valence-corrected chi connectivity index (χ4v) is 4.60. The molecule has 0 radical (unpaired) electrons. The van der Waals surface area contributed by atoms with Crippen molar-refractivity contribution in [2.75, 3.05) is 33.9 Å². The Hall–Kier alpha value is -0.280. The van der Waals surface area contributed by atoms with E-state index in [1.807, 2.05) is 18.2 Å². The molecule has 0 bridgehead atoms. The topological polar surface area (TPSA) is 54.0 Å². The summed E-state index contributed by atoms with van der Waals surface area (Å²) in [4.78, 5) is 2.37. The largest absolute Gasteiger partial charge is 1.00 e. The second-order valence-electron chi connectivity index (χ2n) is 6.19. The van der Waals surface area contributed by atoms with Crippen molar-refractivity contribution in [2.45, 2.75) is 12.6 Å². The number of phenolic OH excluding ortho intramolecular Hbond substituents is 1. The molecule has 1 unspecified atom stereocenters. The average Bonchev–Trinajstić information content (AvgIpc) is 2.68. The van der Waals surface area contributed by atoms with Gasteiger partial charge in [-0.1, -0.05) is 34.1 Å². The molecule has 1 fully saturated rings. The van der Waals surface area contributed by atoms with Crippen LogP contribution < -0.4 is 44.3 Å². The first-order chi connectivity index (χ1) is 12.5. The van der Waals surface area contributed by atoms with Crippen molar-refractivity contribution in [1.82, 2.24) is 10.2 Å². The maximum Gasteiger partial charge on any atom is 1.00 e. The Morgan fingerprint density at radius 2 is 1.93 bits per heavy atom. The van der Waals surface area contributed by atoms with Crippen molar-refractivity contribution in [2.24, 2.45) is 0 Å². The van der Waals surface area contributed by atoms with Gasteiger partial charge in [-0.3, -0.25) is 4.90 Å². The van der Waals surface area contributed by atoms with Crippen LogP contribution in [0.2, 0.25) is 0 Å². The fraction of sp³-hybridized carbons (Fsp3) is 0.368. The van der Waals surface area contributed by atoms with E-state index in [2.05, 4.69) is 48.1 Å². The number of hydrogen-bond acceptors (Lipinski definition) is 5. The van der Waals surface area contributed by atoms with E-state index in [1.165, 1.54) is 0 Å². The van der Waals surface area contributed by atoms with Gasteiger partial charge >= 0.3 is 29.6 Å². The third-order valence-electron chi connectivity index (χ3n) is 4.63. The van der Waals surface area contributed by atoms with Crippen LogP contribution in [-0.4, -0.2) is 43.9 Å². The van der Waals surface area contributed by atoms with Crippen LogP contribution in [0, 0.1) is 0 Å². The minimum absolute atomic E-state index is 0. The third-order valence-corrected chi connectivity index (χ3v) is 6.19. The van der Waals surface area contributed by atoms with Gasteiger partial charge in [0.25, 0.3) is 0 Å². The Morgan fingerprint density at radius 3 is 2.63 bits per heavy atom. The number of para-hydroxylation sites is 1. The molecule has 1 atom stereocenters. The predicted octanol–water partition coefficient (Wildman–Crippen LogP) is 1.20. The second kappa shape index (κ2) is 10.5. The number of hydrogen-bond donors (Lipinski definition) is 2. The molecule has 142 valence electrons. The standard InChI is InChI=1S/C19H22Br2N2O3.Na.H/c1-25-16-6-4-3-5-12(16)15-11-23(8-7-22-15)10-13-14(20)9-17(26-2)19(24)18(13)21;;/h3-6,9,15,22,24H,7-8,10-11H2,1-2H3;;/q;+1;-1. The molecule has 1 aliphatic heterocycles. The van der Waals surface area contributed by atoms with Crippen molar-refractivity contribution >= 4 is 31.9 Å². The molecule has 27 heavy (non-hydrogen) atoms. The molecule has 0 saturated carbocycles. The smallest absolute Gasteiger partial charge is 1.00 e. The van der Waals surface area contributed by atoms with Crippen molar-refractivity contribution < 1.29 is 45.6 Å². The van der Waals surface area contributed by atoms with Gasteiger partial charge in [0.15, 0.2) is 11.5 Å². The maximum absolute atomic E-state index is 10.3. The third kappa shape index (κ3) is 5.21. The minimum Gasteiger partial charge on any atom is -1.00 e. The van der Waals surface area contributed by atoms with E-state index >= 15 is 0 Å². The molecule has 2 aromatic rings. The quantitative estimate of drug-likeness (QED) is 0.593. The zero-order valence-corrected chi connectivity index (χ0v) is 20.9. The van der Waals surface area contributed by atoms with Gasteiger partial charge in [-0.05, 0) is 33.6 Å². The summed E-state index contributed by atoms with van der Waals surface area (Å²) in [5, 5.41) is 13.9. The van der Waals surface area contributed by atoms with Crippen LogP contribution in [0.3, 0.4) is 0 Å². The molecule has 2 N–H and O–H groups in total. The van der Waals surface area contributed by atoms with Gasteiger partial charge in [0, 0.05) is 42.3 Å². The number of phenols is 1. The van der Waals surface area contributed by atoms with Gasteiger partial charge in [-0.25, -0.2) is 0 Å². The molecular weight excluding hydrogens is 487 g/mol. The second-order valence-corrected chi connectivity index (χ2v) is 7.83. The molecule has 1 heterocycles. The van der Waals surface area contributed by atoms with E-state index in [0.29, 0.717) is 16.8 Å². The zero-order chi connectivity index (χ0) is 18.7. The van der Waals surface area contributed by atoms with E-state index < -0.39 is 0 Å². The summed E-state index contributed by atoms with van der Waals surface area (Å²) in [7, 11) is 3.25. The Morgan fingerprint density at radius 1 is 1.22 bits per heavy atom. The molecule has 0 aromatic heterocycles. The van der Waals surface area contributed by atoms with Crippen LogP contribution >= 0.6 is 31.9 Å². The summed E-state index contributed by atoms with van der Waals surface area (Å²) in [5.41, 5.74) is 2.17. The van der Waals surface area contributed by atoms with Gasteiger partial charge in [0.2, 0.25) is 0 Å². The van der Waals surface area contributed by atoms with Crippen LogP contribution in [0.4, 0.5) is 0 Å². The number of methoxy groups -OCH3 is 2. The van der Waals surface area contributed by atoms with Crippen molar-refractivity contribution in [1.29, 1.82) is 0 Å². The molecule has 1 aliphatic rings. The molecule has 0 aliphatic carbocycles. The van der Waals surface area contributed by atoms with Crippen LogP contribution in [0.1, 0.15) is 18.6 Å². The summed E-state index contributed by atoms with van der Waals surface area (Å²) in [5.74, 6) is 1.47. The number of halogens is 2. The molecular formula is C19H23Br2N2NaO3. The van der Waals surface area contributed by atoms with E-state index in [1.54, 1.807) is 20.3 Å². The van der Waals surface area contributed by atoms with Gasteiger partial charge in [0.05, 0.1) is 18.7 Å². The molecule has 3 rings (SSSR count). The molecule has 8 heteroatoms. The summed E-state index contributed by atoms with van der Waals surface area (Å²) >= 11 is 7.11. The SMILES string of the molecule is COc1ccccc1C1CN(Cc2c(Br)cc(OC)c(O)c2Br)CCN1.[H-].[Na+]. The fourth-order valence-electron chi connectivity index (χ4n) is 3.27. The van der Waals surface area contributed by atoms with E-state index in [9.17, 15) is 5.11 Å². The average molecular weight is 510 g/mol. The summed E-state index contributed by atoms with van der Waals surface area (Å²) in [6, 6.07) is 10.1. The normalized spacial score (nSPS) is 17.3. The first-order valence-corrected chi connectivity index (χ1v) is 9.96. The van der Waals surface area contributed by atoms with Crippen molar-refractivity contribution in [3.05, 3.63) is 50.4 Å². The Labute approximate surface area is 200 Å². The number of nitrogens with zero attached hydrogens (tertiary/aromatic N) is 1. The van der Waals surface area contributed by atoms with Crippen LogP contribution in [0.25, 0.3) is 0 Å². The van der Waals surface area contributed by atoms with Gasteiger partial charge < -0.3 is 21.3 Å². The molecule has 0 spiro atoms. The minimum atomic E-state index is 0. The van der Waals surface area contributed by atoms with Gasteiger partial charge in [-0.15, -0.1) is 0 Å². The Balaban J connectivity index is 0.00000196. The maximum atomic E-state index is 10.3. The van der Waals surface area contributed by atoms with Crippen LogP contribution in [0.5, 0.6) is 17.2 Å². The van der Waals surface area contributed by atoms with Gasteiger partial charge in [0.1, 0.15) is 5.75 Å². The summed E-state index contributed by atoms with van der Waals surface area (Å²) in [6.07, 6.45) is 0. The number of rotatable bonds is 5. The van der Waals surface area contributed by atoms with E-state index in [4.69, 9.17) is 9.47 Å². The Kier molecular flexibility index (Phi) is 8.93. The molecule has 1 saturated heterocycles. The van der Waals surface area contributed by atoms with Crippen LogP contribution in [0.15, 0.2) is 39.3 Å². The number of piperazine rings is 1. The van der Waals surface area contributed by atoms with Crippen LogP contribution in [-0.2, 0) is 6.54 Å². The monoisotopic (exact) mass is 508 g/mol. The van der Waals surface area contributed by atoms with Crippen molar-refractivity contribution in [3.63, 3.8) is 0 Å². The first kappa shape index (κ1) is 23.0. The van der Waals surface area contributed by atoms with E-state index in [-0.39, 0.29) is 42.8 Å². The number of aromatic hydroxyl groups is 1. The van der Waals surface area contributed by atoms with E-state index in [0.717, 1.165) is 41.0 Å². The predicted molar refractivity (Wildman–Crippen MR) is 110 cm³/mol. The van der Waals surface area contributed by atoms with Gasteiger partial charge in [-0.2, -0.15) is 0 Å². The number of nitrogens with one attached hydrogen (secondary N) is 1. The summed E-state index contributed by atoms with van der Waals surface area (Å²) < 4.78 is 12.3.